The number of hydrogen-bond donors (Lipinski definition) is 3. The van der Waals surface area contributed by atoms with Crippen molar-refractivity contribution in [3.8, 4) is 11.4 Å². The van der Waals surface area contributed by atoms with E-state index in [0.717, 1.165) is 42.4 Å². The molecule has 0 aliphatic carbocycles. The number of rotatable bonds is 6. The van der Waals surface area contributed by atoms with E-state index < -0.39 is 0 Å². The Kier molecular flexibility index (Phi) is 4.42. The van der Waals surface area contributed by atoms with Crippen LogP contribution in [0.1, 0.15) is 19.8 Å². The molecule has 4 heterocycles. The summed E-state index contributed by atoms with van der Waals surface area (Å²) in [6.45, 7) is 4.19. The molecule has 1 fully saturated rings. The summed E-state index contributed by atoms with van der Waals surface area (Å²) in [6.07, 6.45) is 2.32. The molecule has 126 valence electrons. The van der Waals surface area contributed by atoms with Gasteiger partial charge in [-0.2, -0.15) is 15.9 Å². The predicted octanol–water partition coefficient (Wildman–Crippen LogP) is 2.16. The van der Waals surface area contributed by atoms with Crippen molar-refractivity contribution in [1.29, 1.82) is 0 Å². The monoisotopic (exact) mass is 343 g/mol. The van der Waals surface area contributed by atoms with Crippen molar-refractivity contribution in [2.45, 2.75) is 25.8 Å². The lowest BCUT2D eigenvalue weighted by Crippen LogP contribution is -2.28. The van der Waals surface area contributed by atoms with Gasteiger partial charge in [0.25, 0.3) is 0 Å². The van der Waals surface area contributed by atoms with Crippen LogP contribution in [0, 0.1) is 5.92 Å². The Labute approximate surface area is 144 Å². The SMILES string of the molecule is CC1NNCC1CCCNc1ccc2nnc(-c3ccsc3)n2n1. The molecule has 0 radical (unpaired) electrons. The van der Waals surface area contributed by atoms with E-state index >= 15 is 0 Å². The summed E-state index contributed by atoms with van der Waals surface area (Å²) < 4.78 is 1.80. The van der Waals surface area contributed by atoms with Crippen molar-refractivity contribution in [2.75, 3.05) is 18.4 Å². The van der Waals surface area contributed by atoms with Crippen LogP contribution in [0.25, 0.3) is 17.0 Å². The minimum Gasteiger partial charge on any atom is -0.369 e. The molecule has 3 aromatic rings. The number of anilines is 1. The third kappa shape index (κ3) is 3.12. The van der Waals surface area contributed by atoms with Gasteiger partial charge in [0.05, 0.1) is 0 Å². The minimum absolute atomic E-state index is 0.546. The molecule has 1 aliphatic heterocycles. The number of hydrazine groups is 1. The zero-order valence-electron chi connectivity index (χ0n) is 13.6. The van der Waals surface area contributed by atoms with Crippen LogP contribution in [0.5, 0.6) is 0 Å². The lowest BCUT2D eigenvalue weighted by molar-refractivity contribution is 0.452. The van der Waals surface area contributed by atoms with Gasteiger partial charge in [0.1, 0.15) is 5.82 Å². The zero-order chi connectivity index (χ0) is 16.4. The van der Waals surface area contributed by atoms with Crippen LogP contribution in [0.3, 0.4) is 0 Å². The minimum atomic E-state index is 0.546. The van der Waals surface area contributed by atoms with Crippen LogP contribution in [0.2, 0.25) is 0 Å². The van der Waals surface area contributed by atoms with Crippen LogP contribution >= 0.6 is 11.3 Å². The molecule has 2 unspecified atom stereocenters. The van der Waals surface area contributed by atoms with Crippen LogP contribution in [-0.2, 0) is 0 Å². The first-order valence-corrected chi connectivity index (χ1v) is 9.23. The average molecular weight is 343 g/mol. The van der Waals surface area contributed by atoms with Gasteiger partial charge in [0.2, 0.25) is 0 Å². The summed E-state index contributed by atoms with van der Waals surface area (Å²) in [6, 6.07) is 6.49. The lowest BCUT2D eigenvalue weighted by atomic mass is 9.98. The number of thiophene rings is 1. The molecule has 3 aromatic heterocycles. The van der Waals surface area contributed by atoms with Crippen LogP contribution in [-0.4, -0.2) is 38.9 Å². The van der Waals surface area contributed by atoms with E-state index in [-0.39, 0.29) is 0 Å². The Morgan fingerprint density at radius 1 is 1.33 bits per heavy atom. The zero-order valence-corrected chi connectivity index (χ0v) is 14.4. The number of hydrogen-bond acceptors (Lipinski definition) is 7. The largest absolute Gasteiger partial charge is 0.369 e. The Morgan fingerprint density at radius 2 is 2.29 bits per heavy atom. The third-order valence-electron chi connectivity index (χ3n) is 4.50. The molecular formula is C16H21N7S. The molecule has 0 amide bonds. The third-order valence-corrected chi connectivity index (χ3v) is 5.18. The van der Waals surface area contributed by atoms with Gasteiger partial charge in [-0.3, -0.25) is 10.9 Å². The summed E-state index contributed by atoms with van der Waals surface area (Å²) in [5, 5.41) is 20.6. The summed E-state index contributed by atoms with van der Waals surface area (Å²) in [5.41, 5.74) is 8.30. The Balaban J connectivity index is 1.40. The maximum atomic E-state index is 4.64. The number of aromatic nitrogens is 4. The molecule has 24 heavy (non-hydrogen) atoms. The van der Waals surface area contributed by atoms with Crippen LogP contribution in [0.15, 0.2) is 29.0 Å². The lowest BCUT2D eigenvalue weighted by Gasteiger charge is -2.13. The molecule has 0 bridgehead atoms. The molecule has 8 heteroatoms. The van der Waals surface area contributed by atoms with Gasteiger partial charge in [0, 0.05) is 30.1 Å². The number of nitrogens with zero attached hydrogens (tertiary/aromatic N) is 4. The van der Waals surface area contributed by atoms with Gasteiger partial charge >= 0.3 is 0 Å². The van der Waals surface area contributed by atoms with Crippen molar-refractivity contribution in [3.63, 3.8) is 0 Å². The van der Waals surface area contributed by atoms with Crippen molar-refractivity contribution in [3.05, 3.63) is 29.0 Å². The van der Waals surface area contributed by atoms with E-state index in [0.29, 0.717) is 12.0 Å². The second kappa shape index (κ2) is 6.84. The fraction of sp³-hybridized carbons (Fsp3) is 0.438. The smallest absolute Gasteiger partial charge is 0.186 e. The maximum absolute atomic E-state index is 4.64. The topological polar surface area (TPSA) is 79.2 Å². The maximum Gasteiger partial charge on any atom is 0.186 e. The number of fused-ring (bicyclic) bond motifs is 1. The van der Waals surface area contributed by atoms with E-state index in [4.69, 9.17) is 0 Å². The first-order chi connectivity index (χ1) is 11.8. The molecule has 7 nitrogen and oxygen atoms in total. The summed E-state index contributed by atoms with van der Waals surface area (Å²) in [7, 11) is 0. The van der Waals surface area contributed by atoms with Gasteiger partial charge < -0.3 is 5.32 Å². The first-order valence-electron chi connectivity index (χ1n) is 8.28. The number of nitrogens with one attached hydrogen (secondary N) is 3. The second-order valence-corrected chi connectivity index (χ2v) is 6.95. The van der Waals surface area contributed by atoms with E-state index in [1.165, 1.54) is 6.42 Å². The standard InChI is InChI=1S/C16H21N7S/c1-11-12(9-18-19-11)3-2-7-17-14-4-5-15-20-21-16(23(15)22-14)13-6-8-24-10-13/h4-6,8,10-12,18-19H,2-3,7,9H2,1H3,(H,17,22). The molecular weight excluding hydrogens is 322 g/mol. The molecule has 1 saturated heterocycles. The van der Waals surface area contributed by atoms with Gasteiger partial charge in [-0.15, -0.1) is 15.3 Å². The predicted molar refractivity (Wildman–Crippen MR) is 95.9 cm³/mol. The van der Waals surface area contributed by atoms with Crippen molar-refractivity contribution >= 4 is 22.8 Å². The Morgan fingerprint density at radius 3 is 3.08 bits per heavy atom. The highest BCUT2D eigenvalue weighted by Crippen LogP contribution is 2.21. The summed E-state index contributed by atoms with van der Waals surface area (Å²) in [5.74, 6) is 2.34. The van der Waals surface area contributed by atoms with Gasteiger partial charge in [-0.1, -0.05) is 0 Å². The molecule has 1 aliphatic rings. The normalized spacial score (nSPS) is 20.7. The van der Waals surface area contributed by atoms with Crippen molar-refractivity contribution in [1.82, 2.24) is 30.7 Å². The van der Waals surface area contributed by atoms with Crippen molar-refractivity contribution in [2.24, 2.45) is 5.92 Å². The van der Waals surface area contributed by atoms with Gasteiger partial charge in [-0.25, -0.2) is 0 Å². The average Bonchev–Trinajstić information content (AvgIpc) is 3.32. The molecule has 0 aromatic carbocycles. The van der Waals surface area contributed by atoms with E-state index in [1.54, 1.807) is 15.9 Å². The summed E-state index contributed by atoms with van der Waals surface area (Å²) in [4.78, 5) is 0. The molecule has 0 saturated carbocycles. The fourth-order valence-corrected chi connectivity index (χ4v) is 3.67. The highest BCUT2D eigenvalue weighted by Gasteiger charge is 2.21. The van der Waals surface area contributed by atoms with E-state index in [2.05, 4.69) is 43.8 Å². The molecule has 0 spiro atoms. The molecule has 4 rings (SSSR count). The highest BCUT2D eigenvalue weighted by atomic mass is 32.1. The first kappa shape index (κ1) is 15.5. The van der Waals surface area contributed by atoms with Gasteiger partial charge in [0.15, 0.2) is 11.5 Å². The fourth-order valence-electron chi connectivity index (χ4n) is 3.03. The Hall–Kier alpha value is -2.03. The van der Waals surface area contributed by atoms with E-state index in [9.17, 15) is 0 Å². The molecule has 2 atom stereocenters. The second-order valence-electron chi connectivity index (χ2n) is 6.17. The van der Waals surface area contributed by atoms with Crippen LogP contribution < -0.4 is 16.2 Å². The van der Waals surface area contributed by atoms with Crippen molar-refractivity contribution < 1.29 is 0 Å². The van der Waals surface area contributed by atoms with E-state index in [1.807, 2.05) is 23.6 Å². The van der Waals surface area contributed by atoms with Gasteiger partial charge in [-0.05, 0) is 49.3 Å². The molecule has 3 N–H and O–H groups in total. The highest BCUT2D eigenvalue weighted by molar-refractivity contribution is 7.08. The summed E-state index contributed by atoms with van der Waals surface area (Å²) >= 11 is 1.64. The Bertz CT molecular complexity index is 798. The quantitative estimate of drug-likeness (QED) is 0.595. The van der Waals surface area contributed by atoms with Crippen LogP contribution in [0.4, 0.5) is 5.82 Å².